The van der Waals surface area contributed by atoms with Crippen LogP contribution in [0.4, 0.5) is 29.1 Å². The Morgan fingerprint density at radius 1 is 1.06 bits per heavy atom. The SMILES string of the molecule is COC(=O)c1ccccc1Nc1nc(Nc2cc(C)[nH]n2)cc(N2CCN(C)CC2)n1. The number of para-hydroxylation sites is 1. The standard InChI is InChI=1S/C21H26N8O2/c1-14-12-18(27-26-14)23-17-13-19(29-10-8-28(2)9-11-29)25-21(24-17)22-16-7-5-4-6-15(16)20(30)31-3/h4-7,12-13H,8-11H2,1-3H3,(H3,22,23,24,25,26,27). The summed E-state index contributed by atoms with van der Waals surface area (Å²) >= 11 is 0. The molecule has 10 nitrogen and oxygen atoms in total. The van der Waals surface area contributed by atoms with Gasteiger partial charge in [0.15, 0.2) is 5.82 Å². The van der Waals surface area contributed by atoms with E-state index in [1.807, 2.05) is 25.1 Å². The minimum atomic E-state index is -0.427. The monoisotopic (exact) mass is 422 g/mol. The van der Waals surface area contributed by atoms with Crippen molar-refractivity contribution in [2.75, 3.05) is 55.9 Å². The summed E-state index contributed by atoms with van der Waals surface area (Å²) < 4.78 is 4.89. The number of nitrogens with zero attached hydrogens (tertiary/aromatic N) is 5. The number of aromatic amines is 1. The largest absolute Gasteiger partial charge is 0.465 e. The lowest BCUT2D eigenvalue weighted by molar-refractivity contribution is 0.0602. The smallest absolute Gasteiger partial charge is 0.339 e. The van der Waals surface area contributed by atoms with Crippen molar-refractivity contribution < 1.29 is 9.53 Å². The second kappa shape index (κ2) is 9.00. The highest BCUT2D eigenvalue weighted by Gasteiger charge is 2.19. The number of aryl methyl sites for hydroxylation is 1. The summed E-state index contributed by atoms with van der Waals surface area (Å²) in [7, 11) is 3.47. The first-order chi connectivity index (χ1) is 15.0. The molecule has 1 aliphatic heterocycles. The normalized spacial score (nSPS) is 14.4. The van der Waals surface area contributed by atoms with Gasteiger partial charge in [-0.2, -0.15) is 15.1 Å². The van der Waals surface area contributed by atoms with E-state index in [4.69, 9.17) is 9.72 Å². The summed E-state index contributed by atoms with van der Waals surface area (Å²) in [5, 5.41) is 13.5. The van der Waals surface area contributed by atoms with E-state index in [0.717, 1.165) is 37.7 Å². The van der Waals surface area contributed by atoms with Gasteiger partial charge in [0, 0.05) is 44.0 Å². The quantitative estimate of drug-likeness (QED) is 0.516. The first-order valence-electron chi connectivity index (χ1n) is 10.1. The van der Waals surface area contributed by atoms with Crippen LogP contribution in [0.5, 0.6) is 0 Å². The number of carbonyl (C=O) groups excluding carboxylic acids is 1. The first-order valence-corrected chi connectivity index (χ1v) is 10.1. The fourth-order valence-electron chi connectivity index (χ4n) is 3.37. The van der Waals surface area contributed by atoms with Gasteiger partial charge in [0.2, 0.25) is 5.95 Å². The van der Waals surface area contributed by atoms with Crippen LogP contribution >= 0.6 is 0 Å². The average molecular weight is 422 g/mol. The van der Waals surface area contributed by atoms with Gasteiger partial charge < -0.3 is 25.2 Å². The molecule has 0 spiro atoms. The van der Waals surface area contributed by atoms with Gasteiger partial charge >= 0.3 is 5.97 Å². The number of benzene rings is 1. The van der Waals surface area contributed by atoms with E-state index in [1.54, 1.807) is 18.2 Å². The number of hydrogen-bond acceptors (Lipinski definition) is 9. The predicted molar refractivity (Wildman–Crippen MR) is 119 cm³/mol. The van der Waals surface area contributed by atoms with Crippen LogP contribution in [0.2, 0.25) is 0 Å². The number of nitrogens with one attached hydrogen (secondary N) is 3. The predicted octanol–water partition coefficient (Wildman–Crippen LogP) is 2.53. The molecule has 0 amide bonds. The van der Waals surface area contributed by atoms with E-state index in [0.29, 0.717) is 28.8 Å². The van der Waals surface area contributed by atoms with Gasteiger partial charge in [0.25, 0.3) is 0 Å². The molecule has 3 heterocycles. The van der Waals surface area contributed by atoms with Crippen LogP contribution < -0.4 is 15.5 Å². The van der Waals surface area contributed by atoms with Gasteiger partial charge in [0.05, 0.1) is 18.4 Å². The molecule has 1 aromatic carbocycles. The van der Waals surface area contributed by atoms with Gasteiger partial charge in [0.1, 0.15) is 11.6 Å². The number of piperazine rings is 1. The Bertz CT molecular complexity index is 1060. The number of hydrogen-bond donors (Lipinski definition) is 3. The van der Waals surface area contributed by atoms with Crippen molar-refractivity contribution in [2.45, 2.75) is 6.92 Å². The minimum Gasteiger partial charge on any atom is -0.465 e. The number of ether oxygens (including phenoxy) is 1. The average Bonchev–Trinajstić information content (AvgIpc) is 3.18. The molecule has 31 heavy (non-hydrogen) atoms. The van der Waals surface area contributed by atoms with Gasteiger partial charge in [-0.1, -0.05) is 12.1 Å². The molecule has 0 radical (unpaired) electrons. The van der Waals surface area contributed by atoms with Crippen LogP contribution in [0.25, 0.3) is 0 Å². The van der Waals surface area contributed by atoms with Gasteiger partial charge in [-0.3, -0.25) is 5.10 Å². The summed E-state index contributed by atoms with van der Waals surface area (Å²) in [6.45, 7) is 5.59. The Labute approximate surface area is 180 Å². The molecule has 3 N–H and O–H groups in total. The third-order valence-corrected chi connectivity index (χ3v) is 5.08. The zero-order valence-electron chi connectivity index (χ0n) is 17.8. The Balaban J connectivity index is 1.67. The molecule has 1 fully saturated rings. The molecule has 4 rings (SSSR count). The van der Waals surface area contributed by atoms with Gasteiger partial charge in [-0.25, -0.2) is 4.79 Å². The fraction of sp³-hybridized carbons (Fsp3) is 0.333. The molecule has 3 aromatic rings. The highest BCUT2D eigenvalue weighted by Crippen LogP contribution is 2.25. The molecule has 0 aliphatic carbocycles. The second-order valence-electron chi connectivity index (χ2n) is 7.45. The maximum Gasteiger partial charge on any atom is 0.339 e. The molecule has 0 unspecified atom stereocenters. The maximum atomic E-state index is 12.1. The maximum absolute atomic E-state index is 12.1. The lowest BCUT2D eigenvalue weighted by atomic mass is 10.2. The number of methoxy groups -OCH3 is 1. The number of anilines is 5. The molecule has 1 aliphatic rings. The lowest BCUT2D eigenvalue weighted by Crippen LogP contribution is -2.44. The van der Waals surface area contributed by atoms with E-state index in [9.17, 15) is 4.79 Å². The Morgan fingerprint density at radius 2 is 1.84 bits per heavy atom. The van der Waals surface area contributed by atoms with Crippen LogP contribution in [0.15, 0.2) is 36.4 Å². The van der Waals surface area contributed by atoms with Crippen LogP contribution in [0, 0.1) is 6.92 Å². The Morgan fingerprint density at radius 3 is 2.55 bits per heavy atom. The topological polar surface area (TPSA) is 111 Å². The van der Waals surface area contributed by atoms with E-state index >= 15 is 0 Å². The molecule has 1 saturated heterocycles. The van der Waals surface area contributed by atoms with E-state index in [1.165, 1.54) is 7.11 Å². The van der Waals surface area contributed by atoms with Crippen molar-refractivity contribution in [1.82, 2.24) is 25.1 Å². The fourth-order valence-corrected chi connectivity index (χ4v) is 3.37. The summed E-state index contributed by atoms with van der Waals surface area (Å²) in [5.41, 5.74) is 1.93. The van der Waals surface area contributed by atoms with Crippen LogP contribution in [0.3, 0.4) is 0 Å². The van der Waals surface area contributed by atoms with E-state index in [-0.39, 0.29) is 0 Å². The van der Waals surface area contributed by atoms with Crippen molar-refractivity contribution in [3.8, 4) is 0 Å². The number of H-pyrrole nitrogens is 1. The third kappa shape index (κ3) is 4.92. The van der Waals surface area contributed by atoms with E-state index < -0.39 is 5.97 Å². The molecule has 0 saturated carbocycles. The Hall–Kier alpha value is -3.66. The molecular weight excluding hydrogens is 396 g/mol. The van der Waals surface area contributed by atoms with E-state index in [2.05, 4.69) is 42.7 Å². The minimum absolute atomic E-state index is 0.377. The second-order valence-corrected chi connectivity index (χ2v) is 7.45. The summed E-state index contributed by atoms with van der Waals surface area (Å²) in [6.07, 6.45) is 0. The van der Waals surface area contributed by atoms with Crippen molar-refractivity contribution in [2.24, 2.45) is 0 Å². The summed E-state index contributed by atoms with van der Waals surface area (Å²) in [4.78, 5) is 26.0. The van der Waals surface area contributed by atoms with Crippen molar-refractivity contribution in [3.63, 3.8) is 0 Å². The zero-order valence-corrected chi connectivity index (χ0v) is 17.8. The van der Waals surface area contributed by atoms with Crippen molar-refractivity contribution in [3.05, 3.63) is 47.7 Å². The van der Waals surface area contributed by atoms with Crippen molar-refractivity contribution in [1.29, 1.82) is 0 Å². The van der Waals surface area contributed by atoms with Crippen molar-refractivity contribution >= 4 is 35.1 Å². The lowest BCUT2D eigenvalue weighted by Gasteiger charge is -2.33. The number of likely N-dealkylation sites (N-methyl/N-ethyl adjacent to an activating group) is 1. The summed E-state index contributed by atoms with van der Waals surface area (Å²) in [6, 6.07) is 10.9. The number of rotatable bonds is 6. The van der Waals surface area contributed by atoms with Gasteiger partial charge in [-0.05, 0) is 26.1 Å². The number of aromatic nitrogens is 4. The molecule has 0 atom stereocenters. The number of carbonyl (C=O) groups is 1. The van der Waals surface area contributed by atoms with Crippen LogP contribution in [-0.4, -0.2) is 71.4 Å². The highest BCUT2D eigenvalue weighted by molar-refractivity contribution is 5.96. The van der Waals surface area contributed by atoms with Crippen LogP contribution in [-0.2, 0) is 4.74 Å². The third-order valence-electron chi connectivity index (χ3n) is 5.08. The molecule has 2 aromatic heterocycles. The zero-order chi connectivity index (χ0) is 21.8. The molecule has 162 valence electrons. The van der Waals surface area contributed by atoms with Crippen LogP contribution in [0.1, 0.15) is 16.1 Å². The first kappa shape index (κ1) is 20.6. The highest BCUT2D eigenvalue weighted by atomic mass is 16.5. The molecule has 0 bridgehead atoms. The van der Waals surface area contributed by atoms with Gasteiger partial charge in [-0.15, -0.1) is 0 Å². The Kier molecular flexibility index (Phi) is 5.99. The summed E-state index contributed by atoms with van der Waals surface area (Å²) in [5.74, 6) is 2.03. The molecular formula is C21H26N8O2. The number of esters is 1. The molecule has 10 heteroatoms.